The third-order valence-electron chi connectivity index (χ3n) is 19.9. The van der Waals surface area contributed by atoms with Gasteiger partial charge in [0.1, 0.15) is 213 Å². The minimum Gasteiger partial charge on any atom is -0.394 e. The maximum absolute atomic E-state index is 13.4. The predicted octanol–water partition coefficient (Wildman–Crippen LogP) is -19.2. The smallest absolute Gasteiger partial charge is 0.217 e. The summed E-state index contributed by atoms with van der Waals surface area (Å²) in [5.41, 5.74) is 0. The first-order valence-electron chi connectivity index (χ1n) is 34.5. The summed E-state index contributed by atoms with van der Waals surface area (Å²) < 4.78 is 100. The highest BCUT2D eigenvalue weighted by Crippen LogP contribution is 2.40. The van der Waals surface area contributed by atoms with Gasteiger partial charge in [0.25, 0.3) is 0 Å². The zero-order chi connectivity index (χ0) is 79.5. The van der Waals surface area contributed by atoms with Crippen LogP contribution in [0.2, 0.25) is 0 Å². The number of aliphatic hydroxyl groups excluding tert-OH is 25. The van der Waals surface area contributed by atoms with Crippen molar-refractivity contribution < 1.29 is 223 Å². The standard InChI is InChI=1S/C60H101N3O45/c1-13-28(73)36(81)43(88)57(94-13)106-49-27(63-16(4)72)54(100-22(10-69)48(49)105-58-44(89)38(83)30(75)18(6-65)97-58)108-51-40(85)31(76)19(7-66)98-60(51)107-50-33(78)24(12-93-56-42(87)39(84)32(77)23(101-56)11-92-55-41(86)37(82)29(74)17(5-64)96-55)102-59(45(50)90)104-47-21(9-68)99-53(26(35(47)80)62-15(3)71)103-46-20(8-67)95-52(91)25(34(46)79)61-14(2)70/h13,17-60,64-69,73-91H,5-12H2,1-4H3,(H,61,70)(H,62,71)(H,63,72)/t13-,17+,18+,19+,20+,21+,22+,23+,24+,25+,26+,27+,28+,29+,30-,31+,32+,33+,34+,35+,36+,37-,38-,39-,40-,41-,42-,43-,44+,45-,46+,47+,48+,49+,50-,51-,52+,53-,54-,55-,56-,57-,58-,59-,60+/m0/s1. The lowest BCUT2D eigenvalue weighted by Crippen LogP contribution is -2.71. The summed E-state index contributed by atoms with van der Waals surface area (Å²) in [7, 11) is 0. The van der Waals surface area contributed by atoms with Gasteiger partial charge in [-0.1, -0.05) is 0 Å². The molecule has 45 atom stereocenters. The Kier molecular flexibility index (Phi) is 31.6. The second kappa shape index (κ2) is 38.5. The molecule has 28 N–H and O–H groups in total. The molecular formula is C60H101N3O45. The Hall–Kier alpha value is -3.27. The van der Waals surface area contributed by atoms with Crippen molar-refractivity contribution in [3.05, 3.63) is 0 Å². The number of hydrogen-bond acceptors (Lipinski definition) is 45. The molecule has 3 amide bonds. The van der Waals surface area contributed by atoms with E-state index in [1.807, 2.05) is 0 Å². The number of hydrogen-bond donors (Lipinski definition) is 28. The van der Waals surface area contributed by atoms with E-state index in [1.165, 1.54) is 6.92 Å². The van der Waals surface area contributed by atoms with Gasteiger partial charge in [-0.2, -0.15) is 0 Å². The van der Waals surface area contributed by atoms with Crippen LogP contribution < -0.4 is 16.0 Å². The molecule has 9 heterocycles. The van der Waals surface area contributed by atoms with E-state index in [9.17, 15) is 142 Å². The normalized spacial score (nSPS) is 50.4. The molecule has 0 saturated carbocycles. The summed E-state index contributed by atoms with van der Waals surface area (Å²) in [5, 5.41) is 283. The van der Waals surface area contributed by atoms with Crippen LogP contribution in [0.5, 0.6) is 0 Å². The molecule has 48 nitrogen and oxygen atoms in total. The first-order chi connectivity index (χ1) is 51.0. The van der Waals surface area contributed by atoms with E-state index in [0.29, 0.717) is 0 Å². The van der Waals surface area contributed by atoms with E-state index >= 15 is 0 Å². The summed E-state index contributed by atoms with van der Waals surface area (Å²) in [6.45, 7) is -4.34. The number of nitrogens with one attached hydrogen (secondary N) is 3. The van der Waals surface area contributed by atoms with Crippen LogP contribution in [-0.2, 0) is 94.9 Å². The second-order valence-corrected chi connectivity index (χ2v) is 27.5. The summed E-state index contributed by atoms with van der Waals surface area (Å²) in [5.74, 6) is -2.71. The van der Waals surface area contributed by atoms with Gasteiger partial charge in [-0.25, -0.2) is 0 Å². The number of carbonyl (C=O) groups is 3. The molecule has 9 saturated heterocycles. The van der Waals surface area contributed by atoms with Crippen LogP contribution in [0.4, 0.5) is 0 Å². The molecule has 9 aliphatic rings. The SMILES string of the molecule is CC(=O)N[C@@H]1[C@@H](O)[C@H](O[C@@H]2O[C@H](CO)[C@@H](O[C@@H]3O[C@H](CO[C@H]4O[C@H](CO[C@H]5O[C@H](CO)[C@@H](O)[C@H](O)[C@@H]5O)[C@@H](O)[C@H](O)[C@@H]4O)[C@@H](O)[C@H](O[C@H]4O[C@H](CO)[C@@H](O)[C@H](O)[C@@H]4O[C@@H]4O[C@H](CO)[C@@H](O[C@@H]5O[C@H](CO)[C@H](O)[C@H](O)[C@H]5O)[C@H](O[C@@H]5O[C@@H](C)[C@@H](O)[C@@H](O)[C@@H]5O)[C@H]4NC(C)=O)[C@@H]3O)[C@H](O)[C@H]2NC(C)=O)[C@@H](CO)O[C@H]1O. The molecule has 9 fully saturated rings. The summed E-state index contributed by atoms with van der Waals surface area (Å²) in [6, 6.07) is -5.56. The second-order valence-electron chi connectivity index (χ2n) is 27.5. The maximum atomic E-state index is 13.4. The van der Waals surface area contributed by atoms with Crippen LogP contribution in [0, 0.1) is 0 Å². The molecule has 0 bridgehead atoms. The van der Waals surface area contributed by atoms with Crippen molar-refractivity contribution in [3.63, 3.8) is 0 Å². The molecule has 0 spiro atoms. The lowest BCUT2D eigenvalue weighted by molar-refractivity contribution is -0.402. The van der Waals surface area contributed by atoms with E-state index < -0.39 is 347 Å². The summed E-state index contributed by atoms with van der Waals surface area (Å²) in [6.07, 6.45) is -86.2. The van der Waals surface area contributed by atoms with E-state index in [0.717, 1.165) is 20.8 Å². The van der Waals surface area contributed by atoms with Crippen LogP contribution in [0.15, 0.2) is 0 Å². The van der Waals surface area contributed by atoms with Crippen LogP contribution in [0.25, 0.3) is 0 Å². The van der Waals surface area contributed by atoms with Gasteiger partial charge < -0.3 is 224 Å². The van der Waals surface area contributed by atoms with Crippen LogP contribution in [0.3, 0.4) is 0 Å². The number of ether oxygens (including phenoxy) is 17. The van der Waals surface area contributed by atoms with Crippen LogP contribution in [0.1, 0.15) is 27.7 Å². The molecule has 0 aliphatic carbocycles. The zero-order valence-corrected chi connectivity index (χ0v) is 58.0. The predicted molar refractivity (Wildman–Crippen MR) is 330 cm³/mol. The number of aliphatic hydroxyl groups is 25. The largest absolute Gasteiger partial charge is 0.394 e. The average Bonchev–Trinajstić information content (AvgIpc) is 0.766. The molecule has 626 valence electrons. The molecule has 9 rings (SSSR count). The highest BCUT2D eigenvalue weighted by Gasteiger charge is 2.61. The van der Waals surface area contributed by atoms with E-state index in [1.54, 1.807) is 0 Å². The highest BCUT2D eigenvalue weighted by atomic mass is 16.8. The van der Waals surface area contributed by atoms with E-state index in [-0.39, 0.29) is 0 Å². The van der Waals surface area contributed by atoms with E-state index in [4.69, 9.17) is 80.5 Å². The van der Waals surface area contributed by atoms with Crippen molar-refractivity contribution in [1.29, 1.82) is 0 Å². The molecule has 48 heteroatoms. The number of carbonyl (C=O) groups excluding carboxylic acids is 3. The van der Waals surface area contributed by atoms with Crippen molar-refractivity contribution >= 4 is 17.7 Å². The van der Waals surface area contributed by atoms with Gasteiger partial charge >= 0.3 is 0 Å². The Balaban J connectivity index is 1.06. The maximum Gasteiger partial charge on any atom is 0.217 e. The molecule has 0 aromatic carbocycles. The minimum atomic E-state index is -2.56. The first kappa shape index (κ1) is 88.7. The Labute approximate surface area is 611 Å². The van der Waals surface area contributed by atoms with Crippen molar-refractivity contribution in [2.45, 2.75) is 304 Å². The number of rotatable bonds is 27. The van der Waals surface area contributed by atoms with Crippen molar-refractivity contribution in [2.75, 3.05) is 52.9 Å². The fraction of sp³-hybridized carbons (Fsp3) is 0.950. The Bertz CT molecular complexity index is 2820. The van der Waals surface area contributed by atoms with Crippen molar-refractivity contribution in [3.8, 4) is 0 Å². The molecule has 9 aliphatic heterocycles. The average molecular weight is 1580 g/mol. The third-order valence-corrected chi connectivity index (χ3v) is 19.9. The Morgan fingerprint density at radius 3 is 1.08 bits per heavy atom. The Morgan fingerprint density at radius 2 is 0.574 bits per heavy atom. The quantitative estimate of drug-likeness (QED) is 0.0363. The molecular weight excluding hydrogens is 1480 g/mol. The van der Waals surface area contributed by atoms with Gasteiger partial charge in [-0.05, 0) is 6.92 Å². The lowest BCUT2D eigenvalue weighted by atomic mass is 9.93. The first-order valence-corrected chi connectivity index (χ1v) is 34.5. The molecule has 108 heavy (non-hydrogen) atoms. The zero-order valence-electron chi connectivity index (χ0n) is 58.0. The molecule has 0 unspecified atom stereocenters. The van der Waals surface area contributed by atoms with Crippen LogP contribution in [-0.4, -0.2) is 474 Å². The van der Waals surface area contributed by atoms with Gasteiger partial charge in [0.05, 0.1) is 59.0 Å². The van der Waals surface area contributed by atoms with Gasteiger partial charge in [-0.3, -0.25) is 14.4 Å². The van der Waals surface area contributed by atoms with Gasteiger partial charge in [0.15, 0.2) is 56.6 Å². The fourth-order valence-electron chi connectivity index (χ4n) is 13.9. The highest BCUT2D eigenvalue weighted by molar-refractivity contribution is 5.74. The third kappa shape index (κ3) is 19.3. The molecule has 0 aromatic heterocycles. The van der Waals surface area contributed by atoms with Crippen molar-refractivity contribution in [1.82, 2.24) is 16.0 Å². The number of amides is 3. The van der Waals surface area contributed by atoms with Crippen LogP contribution >= 0.6 is 0 Å². The summed E-state index contributed by atoms with van der Waals surface area (Å²) in [4.78, 5) is 38.5. The Morgan fingerprint density at radius 1 is 0.259 bits per heavy atom. The fourth-order valence-corrected chi connectivity index (χ4v) is 13.9. The van der Waals surface area contributed by atoms with Gasteiger partial charge in [0, 0.05) is 20.8 Å². The van der Waals surface area contributed by atoms with Gasteiger partial charge in [0.2, 0.25) is 17.7 Å². The molecule has 0 radical (unpaired) electrons. The lowest BCUT2D eigenvalue weighted by Gasteiger charge is -2.52. The van der Waals surface area contributed by atoms with Crippen molar-refractivity contribution in [2.24, 2.45) is 0 Å². The monoisotopic (exact) mass is 1580 g/mol. The van der Waals surface area contributed by atoms with Gasteiger partial charge in [-0.15, -0.1) is 0 Å². The van der Waals surface area contributed by atoms with E-state index in [2.05, 4.69) is 16.0 Å². The summed E-state index contributed by atoms with van der Waals surface area (Å²) >= 11 is 0. The minimum absolute atomic E-state index is 0.779. The molecule has 0 aromatic rings. The topological polar surface area (TPSA) is 750 Å².